The van der Waals surface area contributed by atoms with Crippen LogP contribution in [0.4, 0.5) is 0 Å². The summed E-state index contributed by atoms with van der Waals surface area (Å²) >= 11 is 0. The first-order valence-corrected chi connectivity index (χ1v) is 11.0. The number of aliphatic hydroxyl groups is 4. The molecule has 37 heavy (non-hydrogen) atoms. The van der Waals surface area contributed by atoms with Crippen molar-refractivity contribution in [2.45, 2.75) is 30.7 Å². The third kappa shape index (κ3) is 4.47. The molecule has 3 aromatic rings. The molecule has 13 heteroatoms. The lowest BCUT2D eigenvalue weighted by molar-refractivity contribution is -0.277. The van der Waals surface area contributed by atoms with Gasteiger partial charge in [0.2, 0.25) is 23.2 Å². The molecule has 1 aromatic heterocycles. The molecule has 2 aromatic carbocycles. The van der Waals surface area contributed by atoms with Crippen LogP contribution in [0.3, 0.4) is 0 Å². The van der Waals surface area contributed by atoms with E-state index >= 15 is 0 Å². The highest BCUT2D eigenvalue weighted by Gasteiger charge is 2.45. The second-order valence-electron chi connectivity index (χ2n) is 8.13. The Hall–Kier alpha value is -3.75. The number of aliphatic hydroxyl groups excluding tert-OH is 4. The van der Waals surface area contributed by atoms with Crippen molar-refractivity contribution in [3.05, 3.63) is 34.5 Å². The van der Waals surface area contributed by atoms with E-state index in [2.05, 4.69) is 0 Å². The Bertz CT molecular complexity index is 1350. The minimum atomic E-state index is -1.79. The van der Waals surface area contributed by atoms with E-state index in [1.54, 1.807) is 0 Å². The monoisotopic (exact) mass is 522 g/mol. The van der Waals surface area contributed by atoms with Crippen molar-refractivity contribution in [1.82, 2.24) is 0 Å². The van der Waals surface area contributed by atoms with Gasteiger partial charge < -0.3 is 58.7 Å². The maximum absolute atomic E-state index is 13.1. The van der Waals surface area contributed by atoms with Crippen LogP contribution in [0.5, 0.6) is 34.5 Å². The molecule has 13 nitrogen and oxygen atoms in total. The molecule has 0 spiro atoms. The number of phenols is 1. The Kier molecular flexibility index (Phi) is 7.34. The average Bonchev–Trinajstić information content (AvgIpc) is 2.91. The number of phenolic OH excluding ortho intramolecular Hbond substituents is 1. The van der Waals surface area contributed by atoms with Crippen molar-refractivity contribution in [2.24, 2.45) is 0 Å². The highest BCUT2D eigenvalue weighted by Crippen LogP contribution is 2.45. The predicted octanol–water partition coefficient (Wildman–Crippen LogP) is 0.0757. The van der Waals surface area contributed by atoms with Crippen LogP contribution in [-0.2, 0) is 4.74 Å². The smallest absolute Gasteiger partial charge is 0.238 e. The lowest BCUT2D eigenvalue weighted by Crippen LogP contribution is -2.60. The number of aromatic hydroxyl groups is 2. The number of rotatable bonds is 7. The van der Waals surface area contributed by atoms with Gasteiger partial charge in [-0.15, -0.1) is 0 Å². The van der Waals surface area contributed by atoms with E-state index in [9.17, 15) is 35.4 Å². The number of ether oxygens (including phenoxy) is 5. The van der Waals surface area contributed by atoms with Gasteiger partial charge in [0.1, 0.15) is 35.6 Å². The highest BCUT2D eigenvalue weighted by atomic mass is 16.7. The summed E-state index contributed by atoms with van der Waals surface area (Å²) in [6, 6.07) is 5.48. The fourth-order valence-corrected chi connectivity index (χ4v) is 4.01. The third-order valence-corrected chi connectivity index (χ3v) is 5.99. The number of hydrogen-bond donors (Lipinski definition) is 6. The summed E-state index contributed by atoms with van der Waals surface area (Å²) in [6.07, 6.45) is -8.12. The van der Waals surface area contributed by atoms with E-state index in [4.69, 9.17) is 28.1 Å². The first-order chi connectivity index (χ1) is 17.7. The molecule has 1 saturated heterocycles. The van der Waals surface area contributed by atoms with E-state index < -0.39 is 59.6 Å². The summed E-state index contributed by atoms with van der Waals surface area (Å²) in [7, 11) is 4.06. The molecule has 0 bridgehead atoms. The molecule has 5 atom stereocenters. The van der Waals surface area contributed by atoms with E-state index in [0.29, 0.717) is 5.75 Å². The largest absolute Gasteiger partial charge is 0.507 e. The van der Waals surface area contributed by atoms with Gasteiger partial charge in [-0.25, -0.2) is 0 Å². The molecule has 2 heterocycles. The second-order valence-corrected chi connectivity index (χ2v) is 8.13. The van der Waals surface area contributed by atoms with Gasteiger partial charge in [-0.05, 0) is 18.2 Å². The number of hydrogen-bond acceptors (Lipinski definition) is 13. The van der Waals surface area contributed by atoms with Crippen LogP contribution in [0.15, 0.2) is 33.5 Å². The van der Waals surface area contributed by atoms with Crippen LogP contribution >= 0.6 is 0 Å². The Morgan fingerprint density at radius 1 is 0.892 bits per heavy atom. The molecular weight excluding hydrogens is 496 g/mol. The predicted molar refractivity (Wildman–Crippen MR) is 125 cm³/mol. The van der Waals surface area contributed by atoms with E-state index in [1.165, 1.54) is 39.5 Å². The molecule has 6 N–H and O–H groups in total. The normalized spacial score (nSPS) is 23.6. The molecule has 0 unspecified atom stereocenters. The van der Waals surface area contributed by atoms with E-state index in [-0.39, 0.29) is 34.2 Å². The minimum absolute atomic E-state index is 0.158. The SMILES string of the molecule is COc1ccc(-c2oc3c(O[C@@H]4O[C@H](CO)[C@@H](O)[C@H](O)[C@H]4O)c(OC)cc(O)c3c(=O)c2O)cc1OC. The molecule has 1 aliphatic heterocycles. The van der Waals surface area contributed by atoms with E-state index in [0.717, 1.165) is 6.07 Å². The quantitative estimate of drug-likeness (QED) is 0.244. The molecule has 0 amide bonds. The van der Waals surface area contributed by atoms with Gasteiger partial charge in [0.05, 0.1) is 27.9 Å². The summed E-state index contributed by atoms with van der Waals surface area (Å²) in [5.41, 5.74) is -1.19. The molecule has 200 valence electrons. The Labute approximate surface area is 209 Å². The summed E-state index contributed by atoms with van der Waals surface area (Å²) in [5.74, 6) is -1.58. The van der Waals surface area contributed by atoms with Crippen LogP contribution < -0.4 is 24.4 Å². The van der Waals surface area contributed by atoms with Gasteiger partial charge in [0.15, 0.2) is 28.6 Å². The molecule has 0 saturated carbocycles. The molecule has 0 radical (unpaired) electrons. The molecule has 1 aliphatic rings. The Balaban J connectivity index is 1.92. The van der Waals surface area contributed by atoms with Crippen molar-refractivity contribution < 1.29 is 58.7 Å². The van der Waals surface area contributed by atoms with Crippen LogP contribution in [-0.4, -0.2) is 89.3 Å². The zero-order valence-electron chi connectivity index (χ0n) is 19.9. The summed E-state index contributed by atoms with van der Waals surface area (Å²) < 4.78 is 32.7. The number of benzene rings is 2. The van der Waals surface area contributed by atoms with Gasteiger partial charge in [0.25, 0.3) is 0 Å². The molecule has 1 fully saturated rings. The fraction of sp³-hybridized carbons (Fsp3) is 0.375. The van der Waals surface area contributed by atoms with Crippen molar-refractivity contribution in [1.29, 1.82) is 0 Å². The van der Waals surface area contributed by atoms with E-state index in [1.807, 2.05) is 0 Å². The van der Waals surface area contributed by atoms with Gasteiger partial charge in [0, 0.05) is 11.6 Å². The third-order valence-electron chi connectivity index (χ3n) is 5.99. The number of methoxy groups -OCH3 is 3. The first-order valence-electron chi connectivity index (χ1n) is 11.0. The van der Waals surface area contributed by atoms with Crippen LogP contribution in [0.1, 0.15) is 0 Å². The van der Waals surface area contributed by atoms with Gasteiger partial charge >= 0.3 is 0 Å². The van der Waals surface area contributed by atoms with Crippen molar-refractivity contribution in [3.63, 3.8) is 0 Å². The zero-order valence-corrected chi connectivity index (χ0v) is 19.9. The van der Waals surface area contributed by atoms with Gasteiger partial charge in [-0.2, -0.15) is 0 Å². The van der Waals surface area contributed by atoms with Gasteiger partial charge in [-0.3, -0.25) is 4.79 Å². The second kappa shape index (κ2) is 10.3. The Morgan fingerprint density at radius 3 is 2.19 bits per heavy atom. The fourth-order valence-electron chi connectivity index (χ4n) is 4.01. The summed E-state index contributed by atoms with van der Waals surface area (Å²) in [6.45, 7) is -0.704. The maximum atomic E-state index is 13.1. The first kappa shape index (κ1) is 26.3. The Morgan fingerprint density at radius 2 is 1.57 bits per heavy atom. The van der Waals surface area contributed by atoms with Crippen LogP contribution in [0.25, 0.3) is 22.3 Å². The standard InChI is InChI=1S/C24H26O13/c1-32-11-5-4-9(6-12(11)33-2)21-19(30)17(28)15-10(26)7-13(34-3)22(23(15)36-21)37-24-20(31)18(29)16(27)14(8-25)35-24/h4-7,14,16,18,20,24-27,29-31H,8H2,1-3H3/t14-,16-,18+,20-,24+/m1/s1. The summed E-state index contributed by atoms with van der Waals surface area (Å²) in [4.78, 5) is 13.1. The van der Waals surface area contributed by atoms with Crippen molar-refractivity contribution >= 4 is 11.0 Å². The van der Waals surface area contributed by atoms with Crippen LogP contribution in [0.2, 0.25) is 0 Å². The van der Waals surface area contributed by atoms with Crippen molar-refractivity contribution in [3.8, 4) is 45.8 Å². The maximum Gasteiger partial charge on any atom is 0.238 e. The zero-order chi connectivity index (χ0) is 27.0. The molecular formula is C24H26O13. The molecule has 0 aliphatic carbocycles. The average molecular weight is 522 g/mol. The number of fused-ring (bicyclic) bond motifs is 1. The molecule has 4 rings (SSSR count). The topological polar surface area (TPSA) is 198 Å². The van der Waals surface area contributed by atoms with Crippen molar-refractivity contribution in [2.75, 3.05) is 27.9 Å². The highest BCUT2D eigenvalue weighted by molar-refractivity contribution is 5.93. The summed E-state index contributed by atoms with van der Waals surface area (Å²) in [5, 5.41) is 60.8. The van der Waals surface area contributed by atoms with Crippen LogP contribution in [0, 0.1) is 0 Å². The lowest BCUT2D eigenvalue weighted by atomic mass is 9.99. The van der Waals surface area contributed by atoms with Gasteiger partial charge in [-0.1, -0.05) is 0 Å². The lowest BCUT2D eigenvalue weighted by Gasteiger charge is -2.39. The minimum Gasteiger partial charge on any atom is -0.507 e.